The van der Waals surface area contributed by atoms with E-state index in [-0.39, 0.29) is 6.04 Å². The lowest BCUT2D eigenvalue weighted by molar-refractivity contribution is 0.670. The van der Waals surface area contributed by atoms with Crippen LogP contribution in [-0.2, 0) is 6.54 Å². The fourth-order valence-corrected chi connectivity index (χ4v) is 1.98. The normalized spacial score (nSPS) is 10.3. The summed E-state index contributed by atoms with van der Waals surface area (Å²) in [5, 5.41) is 9.17. The summed E-state index contributed by atoms with van der Waals surface area (Å²) in [7, 11) is 0. The summed E-state index contributed by atoms with van der Waals surface area (Å²) in [6.45, 7) is 4.70. The van der Waals surface area contributed by atoms with Gasteiger partial charge >= 0.3 is 0 Å². The molecule has 1 aromatic heterocycles. The molecule has 102 valence electrons. The number of aromatic nitrogens is 2. The van der Waals surface area contributed by atoms with Crippen LogP contribution in [0.4, 0.5) is 11.5 Å². The number of hydrogen-bond acceptors (Lipinski definition) is 5. The molecular weight excluding hydrogens is 250 g/mol. The van der Waals surface area contributed by atoms with Gasteiger partial charge in [-0.05, 0) is 25.5 Å². The van der Waals surface area contributed by atoms with Crippen molar-refractivity contribution < 1.29 is 0 Å². The third-order valence-corrected chi connectivity index (χ3v) is 3.08. The average molecular weight is 267 g/mol. The minimum Gasteiger partial charge on any atom is -0.398 e. The lowest BCUT2D eigenvalue weighted by atomic mass is 10.1. The van der Waals surface area contributed by atoms with Crippen LogP contribution in [0.5, 0.6) is 0 Å². The van der Waals surface area contributed by atoms with E-state index in [4.69, 9.17) is 11.0 Å². The lowest BCUT2D eigenvalue weighted by Gasteiger charge is -2.28. The third kappa shape index (κ3) is 2.86. The first-order chi connectivity index (χ1) is 9.63. The van der Waals surface area contributed by atoms with Crippen molar-refractivity contribution in [2.45, 2.75) is 26.4 Å². The molecule has 0 amide bonds. The smallest absolute Gasteiger partial charge is 0.183 e. The molecule has 1 heterocycles. The van der Waals surface area contributed by atoms with Crippen molar-refractivity contribution >= 4 is 11.5 Å². The van der Waals surface area contributed by atoms with Crippen molar-refractivity contribution in [1.82, 2.24) is 9.97 Å². The first-order valence-corrected chi connectivity index (χ1v) is 6.44. The number of nitrogens with zero attached hydrogens (tertiary/aromatic N) is 4. The van der Waals surface area contributed by atoms with Gasteiger partial charge in [0.2, 0.25) is 0 Å². The number of para-hydroxylation sites is 1. The summed E-state index contributed by atoms with van der Waals surface area (Å²) in [6, 6.07) is 9.97. The van der Waals surface area contributed by atoms with E-state index < -0.39 is 0 Å². The molecule has 0 saturated carbocycles. The molecule has 0 unspecified atom stereocenters. The predicted molar refractivity (Wildman–Crippen MR) is 78.9 cm³/mol. The fraction of sp³-hybridized carbons (Fsp3) is 0.267. The summed E-state index contributed by atoms with van der Waals surface area (Å²) in [6.07, 6.45) is 3.12. The van der Waals surface area contributed by atoms with Gasteiger partial charge in [-0.1, -0.05) is 18.2 Å². The van der Waals surface area contributed by atoms with Crippen LogP contribution in [0, 0.1) is 11.3 Å². The fourth-order valence-electron chi connectivity index (χ4n) is 1.98. The number of nitrogen functional groups attached to an aromatic ring is 1. The zero-order chi connectivity index (χ0) is 14.5. The van der Waals surface area contributed by atoms with Crippen LogP contribution < -0.4 is 10.6 Å². The van der Waals surface area contributed by atoms with Crippen molar-refractivity contribution in [2.75, 3.05) is 10.6 Å². The Hall–Kier alpha value is -2.61. The Morgan fingerprint density at radius 3 is 2.60 bits per heavy atom. The van der Waals surface area contributed by atoms with E-state index in [1.165, 1.54) is 6.20 Å². The Morgan fingerprint density at radius 1 is 1.25 bits per heavy atom. The maximum atomic E-state index is 9.17. The summed E-state index contributed by atoms with van der Waals surface area (Å²) < 4.78 is 0. The van der Waals surface area contributed by atoms with Crippen molar-refractivity contribution in [3.8, 4) is 6.07 Å². The summed E-state index contributed by atoms with van der Waals surface area (Å²) in [5.41, 5.74) is 8.07. The SMILES string of the molecule is CC(C)N(Cc1ccccc1N)c1nccnc1C#N. The molecule has 1 aromatic carbocycles. The molecule has 20 heavy (non-hydrogen) atoms. The minimum absolute atomic E-state index is 0.179. The van der Waals surface area contributed by atoms with Gasteiger partial charge < -0.3 is 10.6 Å². The highest BCUT2D eigenvalue weighted by Crippen LogP contribution is 2.22. The maximum Gasteiger partial charge on any atom is 0.183 e. The number of benzene rings is 1. The van der Waals surface area contributed by atoms with Crippen molar-refractivity contribution in [3.63, 3.8) is 0 Å². The van der Waals surface area contributed by atoms with Gasteiger partial charge in [0.1, 0.15) is 6.07 Å². The van der Waals surface area contributed by atoms with Gasteiger partial charge in [0, 0.05) is 30.7 Å². The van der Waals surface area contributed by atoms with Gasteiger partial charge in [-0.3, -0.25) is 0 Å². The molecule has 2 aromatic rings. The van der Waals surface area contributed by atoms with Crippen LogP contribution in [0.15, 0.2) is 36.7 Å². The molecule has 2 rings (SSSR count). The second-order valence-corrected chi connectivity index (χ2v) is 4.76. The van der Waals surface area contributed by atoms with E-state index in [0.717, 1.165) is 11.3 Å². The first kappa shape index (κ1) is 13.8. The molecule has 0 radical (unpaired) electrons. The summed E-state index contributed by atoms with van der Waals surface area (Å²) in [4.78, 5) is 10.4. The Balaban J connectivity index is 2.38. The zero-order valence-corrected chi connectivity index (χ0v) is 11.6. The van der Waals surface area contributed by atoms with Crippen LogP contribution in [0.2, 0.25) is 0 Å². The molecule has 0 fully saturated rings. The van der Waals surface area contributed by atoms with Crippen LogP contribution in [0.25, 0.3) is 0 Å². The van der Waals surface area contributed by atoms with Crippen molar-refractivity contribution in [1.29, 1.82) is 5.26 Å². The molecule has 0 aliphatic heterocycles. The van der Waals surface area contributed by atoms with E-state index >= 15 is 0 Å². The molecule has 2 N–H and O–H groups in total. The molecule has 0 bridgehead atoms. The third-order valence-electron chi connectivity index (χ3n) is 3.08. The summed E-state index contributed by atoms with van der Waals surface area (Å²) >= 11 is 0. The topological polar surface area (TPSA) is 78.8 Å². The molecule has 0 spiro atoms. The maximum absolute atomic E-state index is 9.17. The molecule has 0 aliphatic carbocycles. The van der Waals surface area contributed by atoms with Gasteiger partial charge in [-0.15, -0.1) is 0 Å². The standard InChI is InChI=1S/C15H17N5/c1-11(2)20(10-12-5-3-4-6-13(12)17)15-14(9-16)18-7-8-19-15/h3-8,11H,10,17H2,1-2H3. The van der Waals surface area contributed by atoms with Crippen LogP contribution in [0.3, 0.4) is 0 Å². The van der Waals surface area contributed by atoms with Crippen LogP contribution in [-0.4, -0.2) is 16.0 Å². The van der Waals surface area contributed by atoms with Crippen molar-refractivity contribution in [3.05, 3.63) is 47.9 Å². The van der Waals surface area contributed by atoms with Gasteiger partial charge in [0.05, 0.1) is 0 Å². The lowest BCUT2D eigenvalue weighted by Crippen LogP contribution is -2.32. The minimum atomic E-state index is 0.179. The number of anilines is 2. The van der Waals surface area contributed by atoms with Crippen LogP contribution in [0.1, 0.15) is 25.1 Å². The number of rotatable bonds is 4. The van der Waals surface area contributed by atoms with E-state index in [2.05, 4.69) is 29.9 Å². The van der Waals surface area contributed by atoms with E-state index in [0.29, 0.717) is 18.1 Å². The Morgan fingerprint density at radius 2 is 1.95 bits per heavy atom. The van der Waals surface area contributed by atoms with E-state index in [1.54, 1.807) is 6.20 Å². The molecule has 0 aliphatic rings. The number of nitriles is 1. The molecular formula is C15H17N5. The molecule has 0 atom stereocenters. The van der Waals surface area contributed by atoms with Crippen molar-refractivity contribution in [2.24, 2.45) is 0 Å². The molecule has 5 heteroatoms. The second kappa shape index (κ2) is 6.02. The monoisotopic (exact) mass is 267 g/mol. The van der Waals surface area contributed by atoms with Gasteiger partial charge in [-0.25, -0.2) is 9.97 Å². The highest BCUT2D eigenvalue weighted by Gasteiger charge is 2.18. The average Bonchev–Trinajstić information content (AvgIpc) is 2.46. The molecule has 5 nitrogen and oxygen atoms in total. The predicted octanol–water partition coefficient (Wildman–Crippen LogP) is 2.35. The zero-order valence-electron chi connectivity index (χ0n) is 11.6. The Labute approximate surface area is 118 Å². The highest BCUT2D eigenvalue weighted by atomic mass is 15.2. The van der Waals surface area contributed by atoms with Crippen LogP contribution >= 0.6 is 0 Å². The quantitative estimate of drug-likeness (QED) is 0.860. The second-order valence-electron chi connectivity index (χ2n) is 4.76. The largest absolute Gasteiger partial charge is 0.398 e. The molecule has 0 saturated heterocycles. The van der Waals surface area contributed by atoms with Gasteiger partial charge in [0.25, 0.3) is 0 Å². The van der Waals surface area contributed by atoms with Gasteiger partial charge in [-0.2, -0.15) is 5.26 Å². The summed E-state index contributed by atoms with van der Waals surface area (Å²) in [5.74, 6) is 0.591. The van der Waals surface area contributed by atoms with E-state index in [1.807, 2.05) is 29.2 Å². The Bertz CT molecular complexity index is 630. The Kier molecular flexibility index (Phi) is 4.16. The number of nitrogens with two attached hydrogens (primary N) is 1. The first-order valence-electron chi connectivity index (χ1n) is 6.44. The van der Waals surface area contributed by atoms with Gasteiger partial charge in [0.15, 0.2) is 11.5 Å². The highest BCUT2D eigenvalue weighted by molar-refractivity contribution is 5.53. The number of hydrogen-bond donors (Lipinski definition) is 1. The van der Waals surface area contributed by atoms with E-state index in [9.17, 15) is 0 Å².